The summed E-state index contributed by atoms with van der Waals surface area (Å²) >= 11 is 5.81. The van der Waals surface area contributed by atoms with Crippen molar-refractivity contribution in [1.29, 1.82) is 0 Å². The topological polar surface area (TPSA) is 58.2 Å². The van der Waals surface area contributed by atoms with Crippen molar-refractivity contribution < 1.29 is 14.0 Å². The van der Waals surface area contributed by atoms with Crippen LogP contribution >= 0.6 is 11.6 Å². The molecule has 0 radical (unpaired) electrons. The van der Waals surface area contributed by atoms with Gasteiger partial charge in [-0.15, -0.1) is 0 Å². The summed E-state index contributed by atoms with van der Waals surface area (Å²) in [6.45, 7) is 1.46. The minimum Gasteiger partial charge on any atom is -0.308 e. The molecule has 0 aliphatic carbocycles. The van der Waals surface area contributed by atoms with E-state index in [1.807, 2.05) is 0 Å². The molecule has 2 aromatic carbocycles. The monoisotopic (exact) mass is 306 g/mol. The molecule has 108 valence electrons. The lowest BCUT2D eigenvalue weighted by molar-refractivity contribution is 0.101. The van der Waals surface area contributed by atoms with Crippen molar-refractivity contribution in [3.8, 4) is 0 Å². The number of carbonyl (C=O) groups excluding carboxylic acids is 2. The van der Waals surface area contributed by atoms with E-state index in [1.165, 1.54) is 19.1 Å². The highest BCUT2D eigenvalue weighted by Crippen LogP contribution is 2.22. The van der Waals surface area contributed by atoms with Crippen LogP contribution in [0.15, 0.2) is 42.5 Å². The van der Waals surface area contributed by atoms with E-state index >= 15 is 0 Å². The number of benzene rings is 2. The van der Waals surface area contributed by atoms with Crippen LogP contribution in [-0.2, 0) is 0 Å². The number of nitrogens with one attached hydrogen (secondary N) is 2. The molecule has 4 nitrogen and oxygen atoms in total. The molecule has 0 bridgehead atoms. The number of rotatable bonds is 3. The Balaban J connectivity index is 2.02. The largest absolute Gasteiger partial charge is 0.323 e. The molecule has 0 saturated heterocycles. The fourth-order valence-electron chi connectivity index (χ4n) is 1.66. The van der Waals surface area contributed by atoms with Crippen LogP contribution < -0.4 is 10.6 Å². The number of Topliss-reactive ketones (excluding diaryl/α,β-unsaturated/α-hetero) is 1. The molecular formula is C15H12ClFN2O2. The van der Waals surface area contributed by atoms with Crippen LogP contribution in [0.1, 0.15) is 17.3 Å². The summed E-state index contributed by atoms with van der Waals surface area (Å²) in [7, 11) is 0. The average Bonchev–Trinajstić information content (AvgIpc) is 2.42. The highest BCUT2D eigenvalue weighted by atomic mass is 35.5. The standard InChI is InChI=1S/C15H12ClFN2O2/c1-9(20)10-2-5-12(6-3-10)18-15(21)19-14-7-4-11(17)8-13(14)16/h2-8H,1H3,(H2,18,19,21). The van der Waals surface area contributed by atoms with E-state index in [2.05, 4.69) is 10.6 Å². The third-order valence-corrected chi connectivity index (χ3v) is 3.04. The first kappa shape index (κ1) is 15.0. The van der Waals surface area contributed by atoms with E-state index in [0.717, 1.165) is 6.07 Å². The zero-order chi connectivity index (χ0) is 15.4. The maximum absolute atomic E-state index is 12.9. The van der Waals surface area contributed by atoms with E-state index in [9.17, 15) is 14.0 Å². The molecule has 0 unspecified atom stereocenters. The molecule has 2 aromatic rings. The van der Waals surface area contributed by atoms with Crippen LogP contribution in [0.5, 0.6) is 0 Å². The van der Waals surface area contributed by atoms with Crippen LogP contribution in [0, 0.1) is 5.82 Å². The Labute approximate surface area is 125 Å². The maximum Gasteiger partial charge on any atom is 0.323 e. The van der Waals surface area contributed by atoms with Gasteiger partial charge in [0, 0.05) is 11.3 Å². The number of urea groups is 1. The van der Waals surface area contributed by atoms with Crippen LogP contribution in [0.3, 0.4) is 0 Å². The van der Waals surface area contributed by atoms with Crippen molar-refractivity contribution >= 4 is 34.8 Å². The van der Waals surface area contributed by atoms with Crippen LogP contribution in [0.25, 0.3) is 0 Å². The molecule has 0 heterocycles. The summed E-state index contributed by atoms with van der Waals surface area (Å²) in [5.41, 5.74) is 1.38. The quantitative estimate of drug-likeness (QED) is 0.829. The SMILES string of the molecule is CC(=O)c1ccc(NC(=O)Nc2ccc(F)cc2Cl)cc1. The second kappa shape index (κ2) is 6.37. The lowest BCUT2D eigenvalue weighted by Crippen LogP contribution is -2.19. The molecule has 2 amide bonds. The highest BCUT2D eigenvalue weighted by Gasteiger charge is 2.07. The van der Waals surface area contributed by atoms with Crippen molar-refractivity contribution in [2.75, 3.05) is 10.6 Å². The minimum absolute atomic E-state index is 0.0518. The molecule has 0 aliphatic heterocycles. The lowest BCUT2D eigenvalue weighted by Gasteiger charge is -2.09. The van der Waals surface area contributed by atoms with Crippen molar-refractivity contribution in [3.05, 3.63) is 58.9 Å². The molecule has 0 aromatic heterocycles. The Kier molecular flexibility index (Phi) is 4.55. The maximum atomic E-state index is 12.9. The molecular weight excluding hydrogens is 295 g/mol. The molecule has 0 fully saturated rings. The zero-order valence-corrected chi connectivity index (χ0v) is 11.9. The van der Waals surface area contributed by atoms with E-state index in [0.29, 0.717) is 16.9 Å². The molecule has 2 N–H and O–H groups in total. The molecule has 2 rings (SSSR count). The Bertz CT molecular complexity index is 687. The third-order valence-electron chi connectivity index (χ3n) is 2.73. The number of hydrogen-bond donors (Lipinski definition) is 2. The fraction of sp³-hybridized carbons (Fsp3) is 0.0667. The van der Waals surface area contributed by atoms with Gasteiger partial charge in [-0.05, 0) is 49.4 Å². The first-order valence-corrected chi connectivity index (χ1v) is 6.47. The van der Waals surface area contributed by atoms with Crippen molar-refractivity contribution in [3.63, 3.8) is 0 Å². The van der Waals surface area contributed by atoms with Crippen LogP contribution in [-0.4, -0.2) is 11.8 Å². The smallest absolute Gasteiger partial charge is 0.308 e. The van der Waals surface area contributed by atoms with Crippen molar-refractivity contribution in [2.45, 2.75) is 6.92 Å². The third kappa shape index (κ3) is 4.03. The van der Waals surface area contributed by atoms with Gasteiger partial charge in [-0.3, -0.25) is 4.79 Å². The van der Waals surface area contributed by atoms with Gasteiger partial charge >= 0.3 is 6.03 Å². The first-order chi connectivity index (χ1) is 9.95. The average molecular weight is 307 g/mol. The summed E-state index contributed by atoms with van der Waals surface area (Å²) in [6.07, 6.45) is 0. The summed E-state index contributed by atoms with van der Waals surface area (Å²) < 4.78 is 12.9. The zero-order valence-electron chi connectivity index (χ0n) is 11.1. The number of anilines is 2. The van der Waals surface area contributed by atoms with E-state index < -0.39 is 11.8 Å². The van der Waals surface area contributed by atoms with Gasteiger partial charge in [0.1, 0.15) is 5.82 Å². The van der Waals surface area contributed by atoms with Gasteiger partial charge in [0.25, 0.3) is 0 Å². The van der Waals surface area contributed by atoms with Gasteiger partial charge in [-0.2, -0.15) is 0 Å². The number of amides is 2. The molecule has 0 saturated carbocycles. The van der Waals surface area contributed by atoms with Gasteiger partial charge in [0.15, 0.2) is 5.78 Å². The molecule has 21 heavy (non-hydrogen) atoms. The summed E-state index contributed by atoms with van der Waals surface area (Å²) in [4.78, 5) is 22.9. The summed E-state index contributed by atoms with van der Waals surface area (Å²) in [5, 5.41) is 5.20. The van der Waals surface area contributed by atoms with Crippen LogP contribution in [0.4, 0.5) is 20.6 Å². The van der Waals surface area contributed by atoms with Crippen molar-refractivity contribution in [1.82, 2.24) is 0 Å². The van der Waals surface area contributed by atoms with E-state index in [4.69, 9.17) is 11.6 Å². The fourth-order valence-corrected chi connectivity index (χ4v) is 1.88. The molecule has 0 atom stereocenters. The summed E-state index contributed by atoms with van der Waals surface area (Å²) in [6, 6.07) is 9.62. The number of halogens is 2. The van der Waals surface area contributed by atoms with Gasteiger partial charge in [0.2, 0.25) is 0 Å². The molecule has 0 spiro atoms. The van der Waals surface area contributed by atoms with Gasteiger partial charge in [0.05, 0.1) is 10.7 Å². The van der Waals surface area contributed by atoms with E-state index in [1.54, 1.807) is 24.3 Å². The van der Waals surface area contributed by atoms with Crippen LogP contribution in [0.2, 0.25) is 5.02 Å². The number of hydrogen-bond acceptors (Lipinski definition) is 2. The summed E-state index contributed by atoms with van der Waals surface area (Å²) in [5.74, 6) is -0.533. The minimum atomic E-state index is -0.515. The predicted octanol–water partition coefficient (Wildman–Crippen LogP) is 4.33. The number of carbonyl (C=O) groups is 2. The Hall–Kier alpha value is -2.40. The first-order valence-electron chi connectivity index (χ1n) is 6.10. The number of ketones is 1. The Morgan fingerprint density at radius 2 is 1.71 bits per heavy atom. The van der Waals surface area contributed by atoms with Crippen molar-refractivity contribution in [2.24, 2.45) is 0 Å². The lowest BCUT2D eigenvalue weighted by atomic mass is 10.1. The predicted molar refractivity (Wildman–Crippen MR) is 80.5 cm³/mol. The Morgan fingerprint density at radius 3 is 2.29 bits per heavy atom. The van der Waals surface area contributed by atoms with Gasteiger partial charge < -0.3 is 10.6 Å². The molecule has 6 heteroatoms. The normalized spacial score (nSPS) is 10.0. The second-order valence-electron chi connectivity index (χ2n) is 4.34. The van der Waals surface area contributed by atoms with Gasteiger partial charge in [-0.1, -0.05) is 11.6 Å². The second-order valence-corrected chi connectivity index (χ2v) is 4.74. The highest BCUT2D eigenvalue weighted by molar-refractivity contribution is 6.33. The Morgan fingerprint density at radius 1 is 1.05 bits per heavy atom. The van der Waals surface area contributed by atoms with E-state index in [-0.39, 0.29) is 10.8 Å². The van der Waals surface area contributed by atoms with Gasteiger partial charge in [-0.25, -0.2) is 9.18 Å². The molecule has 0 aliphatic rings.